The highest BCUT2D eigenvalue weighted by atomic mass is 19.4. The molecule has 0 N–H and O–H groups in total. The van der Waals surface area contributed by atoms with Crippen molar-refractivity contribution in [2.24, 2.45) is 13.0 Å². The third-order valence-electron chi connectivity index (χ3n) is 8.30. The van der Waals surface area contributed by atoms with E-state index in [9.17, 15) is 39.5 Å². The number of hydrogen-bond acceptors (Lipinski definition) is 6. The molecule has 0 bridgehead atoms. The van der Waals surface area contributed by atoms with Crippen molar-refractivity contribution in [3.05, 3.63) is 69.8 Å². The highest BCUT2D eigenvalue weighted by Gasteiger charge is 2.37. The zero-order valence-electron chi connectivity index (χ0n) is 25.8. The van der Waals surface area contributed by atoms with E-state index in [0.29, 0.717) is 36.6 Å². The van der Waals surface area contributed by atoms with Gasteiger partial charge in [0.2, 0.25) is 0 Å². The van der Waals surface area contributed by atoms with E-state index in [1.807, 2.05) is 21.0 Å². The Morgan fingerprint density at radius 2 is 1.41 bits per heavy atom. The van der Waals surface area contributed by atoms with Crippen molar-refractivity contribution in [3.8, 4) is 0 Å². The second kappa shape index (κ2) is 13.8. The molecule has 1 atom stereocenters. The molecule has 1 saturated heterocycles. The molecule has 3 aromatic rings. The summed E-state index contributed by atoms with van der Waals surface area (Å²) in [5, 5.41) is 11.7. The average Bonchev–Trinajstić information content (AvgIpc) is 3.39. The lowest BCUT2D eigenvalue weighted by molar-refractivity contribution is -0.143. The average molecular weight is 666 g/mol. The van der Waals surface area contributed by atoms with Crippen molar-refractivity contribution in [3.63, 3.8) is 0 Å². The maximum absolute atomic E-state index is 13.9. The number of benzene rings is 2. The highest BCUT2D eigenvalue weighted by molar-refractivity contribution is 5.42. The van der Waals surface area contributed by atoms with Crippen molar-refractivity contribution in [2.45, 2.75) is 63.8 Å². The molecule has 1 aliphatic rings. The topological polar surface area (TPSA) is 53.3 Å². The van der Waals surface area contributed by atoms with Gasteiger partial charge in [0.15, 0.2) is 0 Å². The Hall–Kier alpha value is -3.40. The number of tetrazole rings is 1. The van der Waals surface area contributed by atoms with Gasteiger partial charge in [0.25, 0.3) is 5.95 Å². The number of rotatable bonds is 10. The Morgan fingerprint density at radius 3 is 1.91 bits per heavy atom. The lowest BCUT2D eigenvalue weighted by atomic mass is 9.92. The molecule has 0 spiro atoms. The van der Waals surface area contributed by atoms with Crippen LogP contribution >= 0.6 is 0 Å². The summed E-state index contributed by atoms with van der Waals surface area (Å²) >= 11 is 0. The number of nitrogens with zero attached hydrogens (tertiary/aromatic N) is 7. The van der Waals surface area contributed by atoms with Gasteiger partial charge in [0.05, 0.1) is 23.7 Å². The van der Waals surface area contributed by atoms with Crippen LogP contribution in [0.4, 0.5) is 45.5 Å². The van der Waals surface area contributed by atoms with Crippen LogP contribution in [0.2, 0.25) is 0 Å². The number of aryl methyl sites for hydroxylation is 1. The van der Waals surface area contributed by atoms with Gasteiger partial charge in [-0.1, -0.05) is 18.1 Å². The van der Waals surface area contributed by atoms with Gasteiger partial charge in [-0.3, -0.25) is 4.90 Å². The summed E-state index contributed by atoms with van der Waals surface area (Å²) < 4.78 is 123. The Bertz CT molecular complexity index is 1430. The summed E-state index contributed by atoms with van der Waals surface area (Å²) in [6.07, 6.45) is -12.4. The Balaban J connectivity index is 1.76. The number of aromatic nitrogens is 4. The molecule has 46 heavy (non-hydrogen) atoms. The highest BCUT2D eigenvalue weighted by Crippen LogP contribution is 2.38. The number of likely N-dealkylation sites (tertiary alicyclic amines) is 1. The van der Waals surface area contributed by atoms with Crippen LogP contribution in [0.3, 0.4) is 0 Å². The lowest BCUT2D eigenvalue weighted by Crippen LogP contribution is -2.37. The molecule has 4 rings (SSSR count). The maximum atomic E-state index is 13.9. The van der Waals surface area contributed by atoms with Gasteiger partial charge in [-0.05, 0) is 105 Å². The molecule has 1 aliphatic heterocycles. The zero-order chi connectivity index (χ0) is 34.0. The third kappa shape index (κ3) is 8.90. The standard InChI is InChI=1S/C30H36F9N7/c1-5-26(44(3)16-19-8-10-43(2)11-9-19)25-7-6-22(28(31,32)33)14-21(25)18-46(27-40-42-45(4)41-27)17-20-12-23(29(34,35)36)15-24(13-20)30(37,38)39/h6-7,12-15,19,26H,5,8-11,16-18H2,1-4H3. The molecule has 0 amide bonds. The van der Waals surface area contributed by atoms with Gasteiger partial charge in [-0.25, -0.2) is 0 Å². The van der Waals surface area contributed by atoms with Crippen LogP contribution in [-0.2, 0) is 38.7 Å². The molecule has 1 unspecified atom stereocenters. The van der Waals surface area contributed by atoms with Crippen molar-refractivity contribution in [1.29, 1.82) is 0 Å². The van der Waals surface area contributed by atoms with E-state index in [2.05, 4.69) is 25.2 Å². The van der Waals surface area contributed by atoms with Crippen LogP contribution in [0.1, 0.15) is 65.6 Å². The largest absolute Gasteiger partial charge is 0.416 e. The van der Waals surface area contributed by atoms with Crippen LogP contribution < -0.4 is 4.90 Å². The number of halogens is 9. The summed E-state index contributed by atoms with van der Waals surface area (Å²) in [6, 6.07) is 4.21. The van der Waals surface area contributed by atoms with Gasteiger partial charge in [-0.2, -0.15) is 44.3 Å². The fourth-order valence-electron chi connectivity index (χ4n) is 5.93. The number of alkyl halides is 9. The van der Waals surface area contributed by atoms with Crippen LogP contribution in [0, 0.1) is 5.92 Å². The summed E-state index contributed by atoms with van der Waals surface area (Å²) in [5.74, 6) is 0.210. The molecule has 254 valence electrons. The molecule has 0 saturated carbocycles. The van der Waals surface area contributed by atoms with Gasteiger partial charge in [-0.15, -0.1) is 5.10 Å². The minimum Gasteiger partial charge on any atom is -0.330 e. The fraction of sp³-hybridized carbons (Fsp3) is 0.567. The van der Waals surface area contributed by atoms with E-state index in [-0.39, 0.29) is 35.7 Å². The minimum atomic E-state index is -5.08. The number of anilines is 1. The quantitative estimate of drug-likeness (QED) is 0.214. The second-order valence-electron chi connectivity index (χ2n) is 11.9. The first-order chi connectivity index (χ1) is 21.3. The van der Waals surface area contributed by atoms with E-state index in [0.717, 1.165) is 42.9 Å². The van der Waals surface area contributed by atoms with E-state index in [1.54, 1.807) is 0 Å². The summed E-state index contributed by atoms with van der Waals surface area (Å²) in [4.78, 5) is 6.59. The normalized spacial score (nSPS) is 16.3. The van der Waals surface area contributed by atoms with Crippen molar-refractivity contribution in [1.82, 2.24) is 30.0 Å². The van der Waals surface area contributed by atoms with Crippen LogP contribution in [0.5, 0.6) is 0 Å². The zero-order valence-corrected chi connectivity index (χ0v) is 25.8. The van der Waals surface area contributed by atoms with Gasteiger partial charge >= 0.3 is 18.5 Å². The molecule has 2 heterocycles. The molecule has 7 nitrogen and oxygen atoms in total. The second-order valence-corrected chi connectivity index (χ2v) is 11.9. The smallest absolute Gasteiger partial charge is 0.330 e. The summed E-state index contributed by atoms with van der Waals surface area (Å²) in [6.45, 7) is 3.56. The van der Waals surface area contributed by atoms with Gasteiger partial charge in [0.1, 0.15) is 0 Å². The summed E-state index contributed by atoms with van der Waals surface area (Å²) in [5.41, 5.74) is -3.59. The maximum Gasteiger partial charge on any atom is 0.416 e. The molecule has 0 radical (unpaired) electrons. The molecular formula is C30H36F9N7. The van der Waals surface area contributed by atoms with E-state index >= 15 is 0 Å². The summed E-state index contributed by atoms with van der Waals surface area (Å²) in [7, 11) is 5.35. The SMILES string of the molecule is CCC(c1ccc(C(F)(F)F)cc1CN(Cc1cc(C(F)(F)F)cc(C(F)(F)F)c1)c1nnn(C)n1)N(C)CC1CCN(C)CC1. The van der Waals surface area contributed by atoms with E-state index < -0.39 is 41.8 Å². The predicted octanol–water partition coefficient (Wildman–Crippen LogP) is 7.20. The molecule has 2 aromatic carbocycles. The van der Waals surface area contributed by atoms with E-state index in [1.165, 1.54) is 18.0 Å². The molecule has 1 aromatic heterocycles. The van der Waals surface area contributed by atoms with Crippen molar-refractivity contribution < 1.29 is 39.5 Å². The van der Waals surface area contributed by atoms with Gasteiger partial charge in [0, 0.05) is 25.7 Å². The van der Waals surface area contributed by atoms with Crippen LogP contribution in [0.15, 0.2) is 36.4 Å². The Kier molecular flexibility index (Phi) is 10.6. The Labute approximate surface area is 260 Å². The van der Waals surface area contributed by atoms with Crippen molar-refractivity contribution >= 4 is 5.95 Å². The minimum absolute atomic E-state index is 0.0192. The van der Waals surface area contributed by atoms with Crippen LogP contribution in [0.25, 0.3) is 0 Å². The van der Waals surface area contributed by atoms with Gasteiger partial charge < -0.3 is 9.80 Å². The third-order valence-corrected chi connectivity index (χ3v) is 8.30. The first kappa shape index (κ1) is 35.5. The molecule has 1 fully saturated rings. The number of hydrogen-bond donors (Lipinski definition) is 0. The first-order valence-corrected chi connectivity index (χ1v) is 14.7. The number of piperidine rings is 1. The molecule has 0 aliphatic carbocycles. The molecular weight excluding hydrogens is 629 g/mol. The monoisotopic (exact) mass is 665 g/mol. The fourth-order valence-corrected chi connectivity index (χ4v) is 5.93. The first-order valence-electron chi connectivity index (χ1n) is 14.7. The van der Waals surface area contributed by atoms with Crippen molar-refractivity contribution in [2.75, 3.05) is 38.6 Å². The lowest BCUT2D eigenvalue weighted by Gasteiger charge is -2.36. The van der Waals surface area contributed by atoms with E-state index in [4.69, 9.17) is 0 Å². The Morgan fingerprint density at radius 1 is 0.826 bits per heavy atom. The molecule has 16 heteroatoms. The predicted molar refractivity (Wildman–Crippen MR) is 152 cm³/mol. The van der Waals surface area contributed by atoms with Crippen LogP contribution in [-0.4, -0.2) is 63.7 Å².